The predicted octanol–water partition coefficient (Wildman–Crippen LogP) is 2.74. The maximum atomic E-state index is 4.69. The zero-order chi connectivity index (χ0) is 15.5. The van der Waals surface area contributed by atoms with E-state index >= 15 is 0 Å². The van der Waals surface area contributed by atoms with Crippen LogP contribution in [-0.4, -0.2) is 44.0 Å². The van der Waals surface area contributed by atoms with Crippen molar-refractivity contribution in [3.8, 4) is 0 Å². The van der Waals surface area contributed by atoms with Gasteiger partial charge in [-0.05, 0) is 31.9 Å². The summed E-state index contributed by atoms with van der Waals surface area (Å²) in [5.74, 6) is 1.78. The quantitative estimate of drug-likeness (QED) is 0.936. The van der Waals surface area contributed by atoms with Crippen LogP contribution in [0.4, 0.5) is 11.8 Å². The van der Waals surface area contributed by atoms with E-state index in [1.807, 2.05) is 12.3 Å². The molecule has 2 aliphatic rings. The van der Waals surface area contributed by atoms with Crippen LogP contribution in [0, 0.1) is 0 Å². The molecule has 1 unspecified atom stereocenters. The molecule has 1 aliphatic heterocycles. The molecule has 1 atom stereocenters. The molecule has 2 aromatic rings. The number of anilines is 2. The topological polar surface area (TPSA) is 66.8 Å². The number of nitrogens with one attached hydrogen (secondary N) is 1. The summed E-state index contributed by atoms with van der Waals surface area (Å²) in [5, 5.41) is 3.12. The molecule has 6 heteroatoms. The molecule has 1 N–H and O–H groups in total. The first-order valence-corrected chi connectivity index (χ1v) is 8.48. The summed E-state index contributed by atoms with van der Waals surface area (Å²) in [6.07, 6.45) is 13.5. The van der Waals surface area contributed by atoms with Gasteiger partial charge in [0, 0.05) is 37.1 Å². The zero-order valence-electron chi connectivity index (χ0n) is 13.2. The first-order valence-electron chi connectivity index (χ1n) is 8.48. The van der Waals surface area contributed by atoms with Crippen LogP contribution in [0.15, 0.2) is 30.9 Å². The van der Waals surface area contributed by atoms with E-state index in [2.05, 4.69) is 25.2 Å². The Bertz CT molecular complexity index is 641. The molecule has 0 bridgehead atoms. The lowest BCUT2D eigenvalue weighted by molar-refractivity contribution is 0.243. The van der Waals surface area contributed by atoms with Gasteiger partial charge in [-0.25, -0.2) is 15.0 Å². The summed E-state index contributed by atoms with van der Waals surface area (Å²) in [4.78, 5) is 19.9. The maximum Gasteiger partial charge on any atom is 0.228 e. The van der Waals surface area contributed by atoms with Crippen LogP contribution in [0.5, 0.6) is 0 Å². The van der Waals surface area contributed by atoms with Gasteiger partial charge in [0.1, 0.15) is 0 Å². The number of nitrogens with zero attached hydrogens (tertiary/aromatic N) is 5. The summed E-state index contributed by atoms with van der Waals surface area (Å²) in [6.45, 7) is 2.33. The number of rotatable bonds is 4. The minimum atomic E-state index is 0.515. The van der Waals surface area contributed by atoms with Crippen molar-refractivity contribution >= 4 is 11.8 Å². The van der Waals surface area contributed by atoms with E-state index < -0.39 is 0 Å². The molecule has 120 valence electrons. The van der Waals surface area contributed by atoms with Gasteiger partial charge >= 0.3 is 0 Å². The van der Waals surface area contributed by atoms with Crippen molar-refractivity contribution in [2.75, 3.05) is 18.4 Å². The SMILES string of the molecule is c1cnc(Nc2nccc(C3CCN(C4CCCC4)C3)n2)cn1. The Hall–Kier alpha value is -2.08. The lowest BCUT2D eigenvalue weighted by Gasteiger charge is -2.23. The first kappa shape index (κ1) is 14.5. The molecule has 0 aromatic carbocycles. The average molecular weight is 310 g/mol. The van der Waals surface area contributed by atoms with E-state index in [1.54, 1.807) is 18.6 Å². The number of aromatic nitrogens is 4. The molecule has 0 spiro atoms. The Labute approximate surface area is 136 Å². The monoisotopic (exact) mass is 310 g/mol. The molecule has 2 fully saturated rings. The first-order chi connectivity index (χ1) is 11.4. The van der Waals surface area contributed by atoms with Crippen LogP contribution in [0.25, 0.3) is 0 Å². The van der Waals surface area contributed by atoms with E-state index in [0.717, 1.165) is 18.3 Å². The fourth-order valence-corrected chi connectivity index (χ4v) is 3.77. The van der Waals surface area contributed by atoms with Crippen LogP contribution in [0.3, 0.4) is 0 Å². The van der Waals surface area contributed by atoms with Crippen LogP contribution < -0.4 is 5.32 Å². The highest BCUT2D eigenvalue weighted by molar-refractivity contribution is 5.45. The van der Waals surface area contributed by atoms with Gasteiger partial charge in [0.2, 0.25) is 5.95 Å². The highest BCUT2D eigenvalue weighted by Gasteiger charge is 2.31. The molecule has 2 aromatic heterocycles. The third-order valence-corrected chi connectivity index (χ3v) is 4.96. The van der Waals surface area contributed by atoms with Crippen molar-refractivity contribution in [1.29, 1.82) is 0 Å². The minimum Gasteiger partial charge on any atom is -0.307 e. The van der Waals surface area contributed by atoms with Crippen molar-refractivity contribution in [1.82, 2.24) is 24.8 Å². The van der Waals surface area contributed by atoms with Gasteiger partial charge in [-0.2, -0.15) is 0 Å². The Balaban J connectivity index is 1.44. The molecule has 3 heterocycles. The van der Waals surface area contributed by atoms with Crippen molar-refractivity contribution in [2.45, 2.75) is 44.1 Å². The van der Waals surface area contributed by atoms with E-state index in [-0.39, 0.29) is 0 Å². The molecular weight excluding hydrogens is 288 g/mol. The van der Waals surface area contributed by atoms with Crippen LogP contribution in [0.2, 0.25) is 0 Å². The van der Waals surface area contributed by atoms with Crippen molar-refractivity contribution in [2.24, 2.45) is 0 Å². The number of hydrogen-bond acceptors (Lipinski definition) is 6. The standard InChI is InChI=1S/C17H22N6/c1-2-4-14(3-1)23-10-6-13(12-23)15-5-7-20-17(21-15)22-16-11-18-8-9-19-16/h5,7-9,11,13-14H,1-4,6,10,12H2,(H,19,20,21,22). The third kappa shape index (κ3) is 3.32. The third-order valence-electron chi connectivity index (χ3n) is 4.96. The summed E-state index contributed by atoms with van der Waals surface area (Å²) in [7, 11) is 0. The smallest absolute Gasteiger partial charge is 0.228 e. The lowest BCUT2D eigenvalue weighted by Crippen LogP contribution is -2.30. The Morgan fingerprint density at radius 3 is 2.78 bits per heavy atom. The highest BCUT2D eigenvalue weighted by Crippen LogP contribution is 2.32. The van der Waals surface area contributed by atoms with E-state index in [9.17, 15) is 0 Å². The summed E-state index contributed by atoms with van der Waals surface area (Å²) >= 11 is 0. The van der Waals surface area contributed by atoms with Gasteiger partial charge in [0.05, 0.1) is 11.9 Å². The van der Waals surface area contributed by atoms with Crippen molar-refractivity contribution in [3.05, 3.63) is 36.5 Å². The van der Waals surface area contributed by atoms with Crippen LogP contribution in [-0.2, 0) is 0 Å². The van der Waals surface area contributed by atoms with Gasteiger partial charge in [-0.15, -0.1) is 0 Å². The normalized spacial score (nSPS) is 22.5. The highest BCUT2D eigenvalue weighted by atomic mass is 15.2. The summed E-state index contributed by atoms with van der Waals surface area (Å²) in [6, 6.07) is 2.85. The molecule has 6 nitrogen and oxygen atoms in total. The molecule has 4 rings (SSSR count). The van der Waals surface area contributed by atoms with E-state index in [1.165, 1.54) is 38.6 Å². The van der Waals surface area contributed by atoms with Gasteiger partial charge in [-0.3, -0.25) is 9.88 Å². The van der Waals surface area contributed by atoms with Gasteiger partial charge < -0.3 is 5.32 Å². The van der Waals surface area contributed by atoms with Gasteiger partial charge in [0.15, 0.2) is 5.82 Å². The number of likely N-dealkylation sites (tertiary alicyclic amines) is 1. The molecule has 1 saturated heterocycles. The van der Waals surface area contributed by atoms with Gasteiger partial charge in [-0.1, -0.05) is 12.8 Å². The molecular formula is C17H22N6. The van der Waals surface area contributed by atoms with Crippen LogP contribution in [0.1, 0.15) is 43.7 Å². The van der Waals surface area contributed by atoms with Gasteiger partial charge in [0.25, 0.3) is 0 Å². The predicted molar refractivity (Wildman–Crippen MR) is 88.5 cm³/mol. The molecule has 0 radical (unpaired) electrons. The second-order valence-corrected chi connectivity index (χ2v) is 6.44. The van der Waals surface area contributed by atoms with E-state index in [0.29, 0.717) is 17.7 Å². The Morgan fingerprint density at radius 1 is 1.04 bits per heavy atom. The fraction of sp³-hybridized carbons (Fsp3) is 0.529. The van der Waals surface area contributed by atoms with E-state index in [4.69, 9.17) is 4.98 Å². The molecule has 23 heavy (non-hydrogen) atoms. The molecule has 1 aliphatic carbocycles. The zero-order valence-corrected chi connectivity index (χ0v) is 13.2. The second kappa shape index (κ2) is 6.58. The number of hydrogen-bond donors (Lipinski definition) is 1. The largest absolute Gasteiger partial charge is 0.307 e. The second-order valence-electron chi connectivity index (χ2n) is 6.44. The average Bonchev–Trinajstić information content (AvgIpc) is 3.28. The van der Waals surface area contributed by atoms with Crippen LogP contribution >= 0.6 is 0 Å². The molecule has 0 amide bonds. The summed E-state index contributed by atoms with van der Waals surface area (Å²) < 4.78 is 0. The lowest BCUT2D eigenvalue weighted by atomic mass is 10.1. The molecule has 1 saturated carbocycles. The minimum absolute atomic E-state index is 0.515. The summed E-state index contributed by atoms with van der Waals surface area (Å²) in [5.41, 5.74) is 1.13. The fourth-order valence-electron chi connectivity index (χ4n) is 3.77. The Morgan fingerprint density at radius 2 is 1.96 bits per heavy atom. The van der Waals surface area contributed by atoms with Crippen molar-refractivity contribution in [3.63, 3.8) is 0 Å². The Kier molecular flexibility index (Phi) is 4.15. The van der Waals surface area contributed by atoms with Crippen molar-refractivity contribution < 1.29 is 0 Å². The maximum absolute atomic E-state index is 4.69.